The Hall–Kier alpha value is -2.55. The summed E-state index contributed by atoms with van der Waals surface area (Å²) in [6.07, 6.45) is 0. The van der Waals surface area contributed by atoms with Gasteiger partial charge in [0.2, 0.25) is 0 Å². The molecule has 0 radical (unpaired) electrons. The van der Waals surface area contributed by atoms with E-state index >= 15 is 0 Å². The zero-order chi connectivity index (χ0) is 18.9. The van der Waals surface area contributed by atoms with Crippen molar-refractivity contribution in [3.8, 4) is 22.6 Å². The molecule has 0 N–H and O–H groups in total. The largest absolute Gasteiger partial charge is 0.457 e. The summed E-state index contributed by atoms with van der Waals surface area (Å²) in [6, 6.07) is 29.5. The topological polar surface area (TPSA) is 9.23 Å². The molecule has 0 aromatic heterocycles. The standard InChI is InChI=1S/C25H14BrClO/c26-15-9-11-18-17-5-1-2-6-19(17)25(21(18)13-15)20-7-3-4-8-23(20)28-24-12-10-16(27)14-22(24)25/h1-14H. The lowest BCUT2D eigenvalue weighted by Gasteiger charge is -2.39. The van der Waals surface area contributed by atoms with Gasteiger partial charge in [0.15, 0.2) is 0 Å². The highest BCUT2D eigenvalue weighted by molar-refractivity contribution is 9.10. The zero-order valence-electron chi connectivity index (χ0n) is 14.7. The zero-order valence-corrected chi connectivity index (χ0v) is 17.1. The Balaban J connectivity index is 1.87. The van der Waals surface area contributed by atoms with Gasteiger partial charge in [-0.2, -0.15) is 0 Å². The molecule has 28 heavy (non-hydrogen) atoms. The van der Waals surface area contributed by atoms with E-state index in [1.54, 1.807) is 0 Å². The number of hydrogen-bond acceptors (Lipinski definition) is 1. The van der Waals surface area contributed by atoms with Crippen molar-refractivity contribution in [1.82, 2.24) is 0 Å². The second-order valence-electron chi connectivity index (χ2n) is 7.22. The van der Waals surface area contributed by atoms with Crippen LogP contribution in [0, 0.1) is 0 Å². The molecular weight excluding hydrogens is 432 g/mol. The average Bonchev–Trinajstić information content (AvgIpc) is 3.00. The molecule has 0 saturated carbocycles. The highest BCUT2D eigenvalue weighted by Gasteiger charge is 2.51. The van der Waals surface area contributed by atoms with Gasteiger partial charge in [-0.25, -0.2) is 0 Å². The highest BCUT2D eigenvalue weighted by atomic mass is 79.9. The summed E-state index contributed by atoms with van der Waals surface area (Å²) < 4.78 is 7.37. The van der Waals surface area contributed by atoms with Crippen LogP contribution in [0.3, 0.4) is 0 Å². The van der Waals surface area contributed by atoms with Gasteiger partial charge in [-0.3, -0.25) is 0 Å². The molecule has 2 aliphatic rings. The Labute approximate surface area is 176 Å². The molecule has 1 aliphatic heterocycles. The number of fused-ring (bicyclic) bond motifs is 9. The molecular formula is C25H14BrClO. The van der Waals surface area contributed by atoms with E-state index in [4.69, 9.17) is 16.3 Å². The predicted molar refractivity (Wildman–Crippen MR) is 117 cm³/mol. The fourth-order valence-electron chi connectivity index (χ4n) is 4.85. The fraction of sp³-hybridized carbons (Fsp3) is 0.0400. The van der Waals surface area contributed by atoms with Crippen LogP contribution in [-0.4, -0.2) is 0 Å². The maximum Gasteiger partial charge on any atom is 0.132 e. The summed E-state index contributed by atoms with van der Waals surface area (Å²) in [4.78, 5) is 0. The molecule has 0 fully saturated rings. The van der Waals surface area contributed by atoms with Crippen molar-refractivity contribution < 1.29 is 4.74 Å². The first kappa shape index (κ1) is 16.4. The lowest BCUT2D eigenvalue weighted by molar-refractivity contribution is 0.436. The minimum Gasteiger partial charge on any atom is -0.457 e. The van der Waals surface area contributed by atoms with Crippen molar-refractivity contribution in [3.05, 3.63) is 117 Å². The van der Waals surface area contributed by atoms with Gasteiger partial charge in [0.1, 0.15) is 11.5 Å². The van der Waals surface area contributed by atoms with Gasteiger partial charge in [0.25, 0.3) is 0 Å². The lowest BCUT2D eigenvalue weighted by atomic mass is 9.66. The first-order valence-electron chi connectivity index (χ1n) is 9.17. The van der Waals surface area contributed by atoms with E-state index in [-0.39, 0.29) is 0 Å². The van der Waals surface area contributed by atoms with E-state index in [1.807, 2.05) is 24.3 Å². The van der Waals surface area contributed by atoms with Gasteiger partial charge in [-0.15, -0.1) is 0 Å². The molecule has 0 amide bonds. The minimum atomic E-state index is -0.454. The molecule has 6 rings (SSSR count). The first-order chi connectivity index (χ1) is 13.7. The fourth-order valence-corrected chi connectivity index (χ4v) is 5.38. The SMILES string of the molecule is Clc1ccc2c(c1)C1(c3ccccc3O2)c2ccccc2-c2ccc(Br)cc21. The molecule has 1 unspecified atom stereocenters. The van der Waals surface area contributed by atoms with Gasteiger partial charge < -0.3 is 4.74 Å². The van der Waals surface area contributed by atoms with Crippen LogP contribution in [0.4, 0.5) is 0 Å². The summed E-state index contributed by atoms with van der Waals surface area (Å²) in [7, 11) is 0. The van der Waals surface area contributed by atoms with Crippen molar-refractivity contribution in [2.24, 2.45) is 0 Å². The smallest absolute Gasteiger partial charge is 0.132 e. The third kappa shape index (κ3) is 1.97. The maximum absolute atomic E-state index is 6.49. The Bertz CT molecular complexity index is 1280. The summed E-state index contributed by atoms with van der Waals surface area (Å²) in [5.74, 6) is 1.74. The van der Waals surface area contributed by atoms with Crippen LogP contribution in [0.5, 0.6) is 11.5 Å². The van der Waals surface area contributed by atoms with E-state index in [0.29, 0.717) is 5.02 Å². The van der Waals surface area contributed by atoms with Gasteiger partial charge >= 0.3 is 0 Å². The monoisotopic (exact) mass is 444 g/mol. The third-order valence-corrected chi connectivity index (χ3v) is 6.59. The van der Waals surface area contributed by atoms with Crippen molar-refractivity contribution in [1.29, 1.82) is 0 Å². The summed E-state index contributed by atoms with van der Waals surface area (Å²) >= 11 is 10.2. The molecule has 0 bridgehead atoms. The first-order valence-corrected chi connectivity index (χ1v) is 10.3. The summed E-state index contributed by atoms with van der Waals surface area (Å²) in [5, 5.41) is 0.710. The second kappa shape index (κ2) is 5.73. The van der Waals surface area contributed by atoms with Gasteiger partial charge in [-0.05, 0) is 58.7 Å². The van der Waals surface area contributed by atoms with Crippen LogP contribution in [-0.2, 0) is 5.41 Å². The molecule has 1 aliphatic carbocycles. The highest BCUT2D eigenvalue weighted by Crippen LogP contribution is 2.62. The normalized spacial score (nSPS) is 18.1. The molecule has 1 atom stereocenters. The Morgan fingerprint density at radius 3 is 2.25 bits per heavy atom. The number of benzene rings is 4. The van der Waals surface area contributed by atoms with Crippen LogP contribution < -0.4 is 4.74 Å². The molecule has 134 valence electrons. The number of halogens is 2. The Kier molecular flexibility index (Phi) is 3.36. The second-order valence-corrected chi connectivity index (χ2v) is 8.58. The maximum atomic E-state index is 6.49. The van der Waals surface area contributed by atoms with E-state index in [9.17, 15) is 0 Å². The van der Waals surface area contributed by atoms with Crippen molar-refractivity contribution >= 4 is 27.5 Å². The Morgan fingerprint density at radius 2 is 1.36 bits per heavy atom. The van der Waals surface area contributed by atoms with Crippen molar-refractivity contribution in [2.75, 3.05) is 0 Å². The van der Waals surface area contributed by atoms with Crippen molar-refractivity contribution in [2.45, 2.75) is 5.41 Å². The van der Waals surface area contributed by atoms with Gasteiger partial charge in [0.05, 0.1) is 5.41 Å². The predicted octanol–water partition coefficient (Wildman–Crippen LogP) is 7.57. The van der Waals surface area contributed by atoms with Crippen LogP contribution in [0.25, 0.3) is 11.1 Å². The Morgan fingerprint density at radius 1 is 0.643 bits per heavy atom. The van der Waals surface area contributed by atoms with E-state index in [2.05, 4.69) is 76.6 Å². The number of ether oxygens (including phenoxy) is 1. The molecule has 1 nitrogen and oxygen atoms in total. The average molecular weight is 446 g/mol. The minimum absolute atomic E-state index is 0.454. The number of rotatable bonds is 0. The summed E-state index contributed by atoms with van der Waals surface area (Å²) in [6.45, 7) is 0. The van der Waals surface area contributed by atoms with Crippen LogP contribution in [0.1, 0.15) is 22.3 Å². The molecule has 0 saturated heterocycles. The molecule has 4 aromatic carbocycles. The van der Waals surface area contributed by atoms with Crippen LogP contribution in [0.15, 0.2) is 89.4 Å². The van der Waals surface area contributed by atoms with Crippen molar-refractivity contribution in [3.63, 3.8) is 0 Å². The number of para-hydroxylation sites is 1. The summed E-state index contributed by atoms with van der Waals surface area (Å²) in [5.41, 5.74) is 6.81. The third-order valence-electron chi connectivity index (χ3n) is 5.86. The van der Waals surface area contributed by atoms with Crippen LogP contribution >= 0.6 is 27.5 Å². The van der Waals surface area contributed by atoms with E-state index < -0.39 is 5.41 Å². The van der Waals surface area contributed by atoms with E-state index in [1.165, 1.54) is 22.3 Å². The lowest BCUT2D eigenvalue weighted by Crippen LogP contribution is -2.32. The van der Waals surface area contributed by atoms with Gasteiger partial charge in [-0.1, -0.05) is 76.1 Å². The van der Waals surface area contributed by atoms with Crippen LogP contribution in [0.2, 0.25) is 5.02 Å². The quantitative estimate of drug-likeness (QED) is 0.234. The molecule has 1 spiro atoms. The molecule has 4 aromatic rings. The van der Waals surface area contributed by atoms with Gasteiger partial charge in [0, 0.05) is 20.6 Å². The number of hydrogen-bond donors (Lipinski definition) is 0. The molecule has 3 heteroatoms. The van der Waals surface area contributed by atoms with E-state index in [0.717, 1.165) is 27.1 Å². The molecule has 1 heterocycles.